The summed E-state index contributed by atoms with van der Waals surface area (Å²) < 4.78 is 3.00. The standard InChI is InChI=1S/C17H14Cl2N4O2/c1-22-7-5-11(8-16(22)24)17(25)21-15-4-6-20-23(15)10-12-2-3-13(18)9-14(12)19/h2-9H,10H2,1H3,(H,21,25). The molecular weight excluding hydrogens is 363 g/mol. The van der Waals surface area contributed by atoms with Gasteiger partial charge in [0.1, 0.15) is 5.82 Å². The third-order valence-electron chi connectivity index (χ3n) is 3.66. The first-order valence-electron chi connectivity index (χ1n) is 7.38. The number of aryl methyl sites for hydroxylation is 1. The number of nitrogens with one attached hydrogen (secondary N) is 1. The van der Waals surface area contributed by atoms with Crippen LogP contribution in [-0.4, -0.2) is 20.3 Å². The molecule has 8 heteroatoms. The van der Waals surface area contributed by atoms with E-state index in [1.165, 1.54) is 10.6 Å². The van der Waals surface area contributed by atoms with E-state index in [0.717, 1.165) is 5.56 Å². The number of anilines is 1. The van der Waals surface area contributed by atoms with Gasteiger partial charge in [0.25, 0.3) is 11.5 Å². The third kappa shape index (κ3) is 3.92. The van der Waals surface area contributed by atoms with Gasteiger partial charge in [0, 0.05) is 41.0 Å². The van der Waals surface area contributed by atoms with Crippen molar-refractivity contribution in [1.82, 2.24) is 14.3 Å². The van der Waals surface area contributed by atoms with Crippen LogP contribution in [0.25, 0.3) is 0 Å². The smallest absolute Gasteiger partial charge is 0.257 e. The zero-order chi connectivity index (χ0) is 18.0. The van der Waals surface area contributed by atoms with Gasteiger partial charge in [-0.25, -0.2) is 4.68 Å². The van der Waals surface area contributed by atoms with Gasteiger partial charge >= 0.3 is 0 Å². The lowest BCUT2D eigenvalue weighted by atomic mass is 10.2. The van der Waals surface area contributed by atoms with E-state index < -0.39 is 0 Å². The SMILES string of the molecule is Cn1ccc(C(=O)Nc2ccnn2Cc2ccc(Cl)cc2Cl)cc1=O. The van der Waals surface area contributed by atoms with Gasteiger partial charge in [-0.1, -0.05) is 29.3 Å². The molecule has 0 aliphatic carbocycles. The molecule has 1 amide bonds. The Balaban J connectivity index is 1.80. The molecule has 0 aliphatic rings. The van der Waals surface area contributed by atoms with E-state index in [1.807, 2.05) is 0 Å². The van der Waals surface area contributed by atoms with E-state index in [2.05, 4.69) is 10.4 Å². The minimum Gasteiger partial charge on any atom is -0.319 e. The van der Waals surface area contributed by atoms with Gasteiger partial charge in [-0.2, -0.15) is 5.10 Å². The molecule has 3 aromatic rings. The number of aromatic nitrogens is 3. The van der Waals surface area contributed by atoms with Crippen LogP contribution in [0.3, 0.4) is 0 Å². The van der Waals surface area contributed by atoms with Gasteiger partial charge in [0.15, 0.2) is 0 Å². The molecule has 25 heavy (non-hydrogen) atoms. The fraction of sp³-hybridized carbons (Fsp3) is 0.118. The summed E-state index contributed by atoms with van der Waals surface area (Å²) in [6, 6.07) is 9.73. The molecule has 0 saturated carbocycles. The molecule has 0 unspecified atom stereocenters. The maximum Gasteiger partial charge on any atom is 0.257 e. The van der Waals surface area contributed by atoms with Crippen molar-refractivity contribution >= 4 is 34.9 Å². The van der Waals surface area contributed by atoms with Crippen molar-refractivity contribution < 1.29 is 4.79 Å². The van der Waals surface area contributed by atoms with E-state index in [1.54, 1.807) is 54.5 Å². The number of halogens is 2. The van der Waals surface area contributed by atoms with Crippen LogP contribution in [0.2, 0.25) is 10.0 Å². The molecule has 3 rings (SSSR count). The highest BCUT2D eigenvalue weighted by atomic mass is 35.5. The minimum absolute atomic E-state index is 0.255. The van der Waals surface area contributed by atoms with Crippen molar-refractivity contribution in [2.75, 3.05) is 5.32 Å². The molecule has 1 N–H and O–H groups in total. The number of rotatable bonds is 4. The monoisotopic (exact) mass is 376 g/mol. The second-order valence-corrected chi connectivity index (χ2v) is 6.27. The lowest BCUT2D eigenvalue weighted by Gasteiger charge is -2.10. The summed E-state index contributed by atoms with van der Waals surface area (Å²) in [4.78, 5) is 24.0. The average Bonchev–Trinajstić information content (AvgIpc) is 2.99. The van der Waals surface area contributed by atoms with Gasteiger partial charge in [-0.15, -0.1) is 0 Å². The Bertz CT molecular complexity index is 994. The fourth-order valence-electron chi connectivity index (χ4n) is 2.25. The van der Waals surface area contributed by atoms with Crippen molar-refractivity contribution in [3.63, 3.8) is 0 Å². The van der Waals surface area contributed by atoms with E-state index in [4.69, 9.17) is 23.2 Å². The van der Waals surface area contributed by atoms with Crippen LogP contribution in [-0.2, 0) is 13.6 Å². The summed E-state index contributed by atoms with van der Waals surface area (Å²) >= 11 is 12.1. The molecule has 0 fully saturated rings. The maximum atomic E-state index is 12.3. The predicted molar refractivity (Wildman–Crippen MR) is 97.4 cm³/mol. The van der Waals surface area contributed by atoms with Crippen molar-refractivity contribution in [3.8, 4) is 0 Å². The summed E-state index contributed by atoms with van der Waals surface area (Å²) in [6.45, 7) is 0.370. The summed E-state index contributed by atoms with van der Waals surface area (Å²) in [5, 5.41) is 8.02. The highest BCUT2D eigenvalue weighted by Crippen LogP contribution is 2.22. The van der Waals surface area contributed by atoms with Crippen LogP contribution in [0, 0.1) is 0 Å². The third-order valence-corrected chi connectivity index (χ3v) is 4.25. The number of pyridine rings is 1. The van der Waals surface area contributed by atoms with Gasteiger partial charge < -0.3 is 9.88 Å². The van der Waals surface area contributed by atoms with Crippen molar-refractivity contribution in [3.05, 3.63) is 80.3 Å². The number of hydrogen-bond donors (Lipinski definition) is 1. The zero-order valence-electron chi connectivity index (χ0n) is 13.2. The molecule has 2 heterocycles. The summed E-state index contributed by atoms with van der Waals surface area (Å²) in [6.07, 6.45) is 3.12. The molecule has 2 aromatic heterocycles. The highest BCUT2D eigenvalue weighted by Gasteiger charge is 2.12. The van der Waals surface area contributed by atoms with E-state index in [-0.39, 0.29) is 17.0 Å². The molecular formula is C17H14Cl2N4O2. The van der Waals surface area contributed by atoms with Gasteiger partial charge in [0.05, 0.1) is 12.7 Å². The Hall–Kier alpha value is -2.57. The topological polar surface area (TPSA) is 68.9 Å². The number of hydrogen-bond acceptors (Lipinski definition) is 3. The minimum atomic E-state index is -0.387. The van der Waals surface area contributed by atoms with Crippen LogP contribution in [0.5, 0.6) is 0 Å². The Kier molecular flexibility index (Phi) is 4.92. The van der Waals surface area contributed by atoms with Crippen LogP contribution < -0.4 is 10.9 Å². The van der Waals surface area contributed by atoms with Gasteiger partial charge in [-0.3, -0.25) is 9.59 Å². The van der Waals surface area contributed by atoms with Crippen LogP contribution in [0.1, 0.15) is 15.9 Å². The Morgan fingerprint density at radius 1 is 1.20 bits per heavy atom. The molecule has 0 bridgehead atoms. The van der Waals surface area contributed by atoms with Crippen LogP contribution in [0.4, 0.5) is 5.82 Å². The molecule has 0 aliphatic heterocycles. The quantitative estimate of drug-likeness (QED) is 0.759. The molecule has 0 spiro atoms. The molecule has 0 saturated heterocycles. The lowest BCUT2D eigenvalue weighted by Crippen LogP contribution is -2.21. The number of carbonyl (C=O) groups is 1. The number of carbonyl (C=O) groups excluding carboxylic acids is 1. The van der Waals surface area contributed by atoms with Crippen molar-refractivity contribution in [2.24, 2.45) is 7.05 Å². The second kappa shape index (κ2) is 7.13. The second-order valence-electron chi connectivity index (χ2n) is 5.43. The Labute approximate surface area is 153 Å². The van der Waals surface area contributed by atoms with Crippen molar-refractivity contribution in [2.45, 2.75) is 6.54 Å². The maximum absolute atomic E-state index is 12.3. The largest absolute Gasteiger partial charge is 0.319 e. The first-order chi connectivity index (χ1) is 11.9. The number of amides is 1. The Morgan fingerprint density at radius 3 is 2.72 bits per heavy atom. The summed E-state index contributed by atoms with van der Waals surface area (Å²) in [5.74, 6) is 0.110. The first-order valence-corrected chi connectivity index (χ1v) is 8.13. The van der Waals surface area contributed by atoms with E-state index in [9.17, 15) is 9.59 Å². The van der Waals surface area contributed by atoms with Crippen LogP contribution >= 0.6 is 23.2 Å². The summed E-state index contributed by atoms with van der Waals surface area (Å²) in [5.41, 5.74) is 0.841. The fourth-order valence-corrected chi connectivity index (χ4v) is 2.72. The van der Waals surface area contributed by atoms with Crippen molar-refractivity contribution in [1.29, 1.82) is 0 Å². The van der Waals surface area contributed by atoms with E-state index in [0.29, 0.717) is 22.4 Å². The van der Waals surface area contributed by atoms with Crippen LogP contribution in [0.15, 0.2) is 53.6 Å². The molecule has 1 aromatic carbocycles. The van der Waals surface area contributed by atoms with Gasteiger partial charge in [-0.05, 0) is 23.8 Å². The highest BCUT2D eigenvalue weighted by molar-refractivity contribution is 6.35. The first kappa shape index (κ1) is 17.3. The molecule has 0 atom stereocenters. The predicted octanol–water partition coefficient (Wildman–Crippen LogP) is 3.19. The lowest BCUT2D eigenvalue weighted by molar-refractivity contribution is 0.102. The number of nitrogens with zero attached hydrogens (tertiary/aromatic N) is 3. The van der Waals surface area contributed by atoms with Gasteiger partial charge in [0.2, 0.25) is 0 Å². The normalized spacial score (nSPS) is 10.7. The zero-order valence-corrected chi connectivity index (χ0v) is 14.8. The number of benzene rings is 1. The summed E-state index contributed by atoms with van der Waals surface area (Å²) in [7, 11) is 1.62. The molecule has 0 radical (unpaired) electrons. The molecule has 128 valence electrons. The van der Waals surface area contributed by atoms with E-state index >= 15 is 0 Å². The average molecular weight is 377 g/mol. The molecule has 6 nitrogen and oxygen atoms in total. The Morgan fingerprint density at radius 2 is 2.00 bits per heavy atom.